The van der Waals surface area contributed by atoms with E-state index in [1.807, 2.05) is 62.4 Å². The SMILES string of the molecule is Cc1ccc2c(C)c(C(=O)N(Cc3ccccc3)[C@@H]3CCS(=O)(=O)C3)oc2c1. The van der Waals surface area contributed by atoms with Crippen LogP contribution < -0.4 is 0 Å². The molecule has 1 atom stereocenters. The van der Waals surface area contributed by atoms with E-state index in [-0.39, 0.29) is 23.5 Å². The number of aryl methyl sites for hydroxylation is 2. The monoisotopic (exact) mass is 397 g/mol. The molecule has 0 spiro atoms. The second-order valence-corrected chi connectivity index (χ2v) is 9.76. The predicted molar refractivity (Wildman–Crippen MR) is 109 cm³/mol. The standard InChI is InChI=1S/C22H23NO4S/c1-15-8-9-19-16(2)21(27-20(19)12-15)22(24)23(13-17-6-4-3-5-7-17)18-10-11-28(25,26)14-18/h3-9,12,18H,10-11,13-14H2,1-2H3/t18-/m1/s1. The molecule has 0 unspecified atom stereocenters. The number of sulfone groups is 1. The van der Waals surface area contributed by atoms with E-state index in [0.717, 1.165) is 22.1 Å². The van der Waals surface area contributed by atoms with E-state index in [9.17, 15) is 13.2 Å². The number of nitrogens with zero attached hydrogens (tertiary/aromatic N) is 1. The van der Waals surface area contributed by atoms with Gasteiger partial charge < -0.3 is 9.32 Å². The van der Waals surface area contributed by atoms with Crippen molar-refractivity contribution in [3.63, 3.8) is 0 Å². The van der Waals surface area contributed by atoms with Crippen molar-refractivity contribution in [2.45, 2.75) is 32.9 Å². The number of rotatable bonds is 4. The van der Waals surface area contributed by atoms with Crippen LogP contribution in [0.15, 0.2) is 52.9 Å². The van der Waals surface area contributed by atoms with E-state index in [0.29, 0.717) is 24.3 Å². The van der Waals surface area contributed by atoms with Gasteiger partial charge in [0.2, 0.25) is 0 Å². The number of furan rings is 1. The number of hydrogen-bond donors (Lipinski definition) is 0. The fourth-order valence-electron chi connectivity index (χ4n) is 3.84. The van der Waals surface area contributed by atoms with Crippen LogP contribution in [-0.2, 0) is 16.4 Å². The maximum absolute atomic E-state index is 13.5. The van der Waals surface area contributed by atoms with Gasteiger partial charge in [0.15, 0.2) is 15.6 Å². The Kier molecular flexibility index (Phi) is 4.75. The van der Waals surface area contributed by atoms with Gasteiger partial charge in [0, 0.05) is 23.5 Å². The second kappa shape index (κ2) is 7.09. The van der Waals surface area contributed by atoms with Crippen molar-refractivity contribution in [3.05, 3.63) is 71.0 Å². The van der Waals surface area contributed by atoms with Gasteiger partial charge in [0.05, 0.1) is 11.5 Å². The van der Waals surface area contributed by atoms with Crippen LogP contribution in [0.2, 0.25) is 0 Å². The zero-order valence-corrected chi connectivity index (χ0v) is 16.8. The van der Waals surface area contributed by atoms with E-state index < -0.39 is 9.84 Å². The average molecular weight is 397 g/mol. The second-order valence-electron chi connectivity index (χ2n) is 7.53. The van der Waals surface area contributed by atoms with E-state index in [1.165, 1.54) is 0 Å². The molecule has 1 fully saturated rings. The molecule has 28 heavy (non-hydrogen) atoms. The van der Waals surface area contributed by atoms with Crippen LogP contribution in [0, 0.1) is 13.8 Å². The number of benzene rings is 2. The lowest BCUT2D eigenvalue weighted by molar-refractivity contribution is 0.0649. The highest BCUT2D eigenvalue weighted by atomic mass is 32.2. The van der Waals surface area contributed by atoms with Gasteiger partial charge >= 0.3 is 0 Å². The molecule has 0 N–H and O–H groups in total. The lowest BCUT2D eigenvalue weighted by Crippen LogP contribution is -2.40. The van der Waals surface area contributed by atoms with E-state index in [1.54, 1.807) is 4.90 Å². The van der Waals surface area contributed by atoms with Crippen molar-refractivity contribution in [3.8, 4) is 0 Å². The van der Waals surface area contributed by atoms with E-state index >= 15 is 0 Å². The van der Waals surface area contributed by atoms with E-state index in [2.05, 4.69) is 0 Å². The fourth-order valence-corrected chi connectivity index (χ4v) is 5.57. The van der Waals surface area contributed by atoms with Gasteiger partial charge in [-0.1, -0.05) is 42.5 Å². The molecule has 0 saturated carbocycles. The van der Waals surface area contributed by atoms with Crippen molar-refractivity contribution in [1.29, 1.82) is 0 Å². The fraction of sp³-hybridized carbons (Fsp3) is 0.318. The molecule has 0 radical (unpaired) electrons. The molecule has 6 heteroatoms. The van der Waals surface area contributed by atoms with Crippen LogP contribution in [0.1, 0.15) is 33.7 Å². The first kappa shape index (κ1) is 18.7. The molecule has 1 saturated heterocycles. The number of fused-ring (bicyclic) bond motifs is 1. The topological polar surface area (TPSA) is 67.6 Å². The Bertz CT molecular complexity index is 1130. The van der Waals surface area contributed by atoms with Crippen molar-refractivity contribution < 1.29 is 17.6 Å². The predicted octanol–water partition coefficient (Wildman–Crippen LogP) is 3.88. The number of carbonyl (C=O) groups excluding carboxylic acids is 1. The van der Waals surface area contributed by atoms with Crippen LogP contribution in [0.4, 0.5) is 0 Å². The third kappa shape index (κ3) is 3.56. The number of carbonyl (C=O) groups is 1. The zero-order valence-electron chi connectivity index (χ0n) is 16.0. The Balaban J connectivity index is 1.73. The third-order valence-electron chi connectivity index (χ3n) is 5.39. The third-order valence-corrected chi connectivity index (χ3v) is 7.14. The van der Waals surface area contributed by atoms with Crippen molar-refractivity contribution >= 4 is 26.7 Å². The van der Waals surface area contributed by atoms with Gasteiger partial charge in [0.25, 0.3) is 5.91 Å². The first-order valence-corrected chi connectivity index (χ1v) is 11.2. The summed E-state index contributed by atoms with van der Waals surface area (Å²) in [5.74, 6) is 0.163. The smallest absolute Gasteiger partial charge is 0.290 e. The van der Waals surface area contributed by atoms with Crippen LogP contribution in [0.25, 0.3) is 11.0 Å². The average Bonchev–Trinajstić information content (AvgIpc) is 3.19. The summed E-state index contributed by atoms with van der Waals surface area (Å²) in [6.45, 7) is 4.21. The molecule has 1 amide bonds. The lowest BCUT2D eigenvalue weighted by atomic mass is 10.1. The molecule has 4 rings (SSSR count). The summed E-state index contributed by atoms with van der Waals surface area (Å²) in [5, 5.41) is 0.910. The molecular formula is C22H23NO4S. The van der Waals surface area contributed by atoms with Crippen LogP contribution >= 0.6 is 0 Å². The molecule has 0 bridgehead atoms. The molecular weight excluding hydrogens is 374 g/mol. The molecule has 146 valence electrons. The summed E-state index contributed by atoms with van der Waals surface area (Å²) in [4.78, 5) is 15.1. The summed E-state index contributed by atoms with van der Waals surface area (Å²) < 4.78 is 30.0. The summed E-state index contributed by atoms with van der Waals surface area (Å²) in [5.41, 5.74) is 3.49. The maximum Gasteiger partial charge on any atom is 0.290 e. The minimum absolute atomic E-state index is 0.00393. The van der Waals surface area contributed by atoms with Gasteiger partial charge in [-0.25, -0.2) is 8.42 Å². The lowest BCUT2D eigenvalue weighted by Gasteiger charge is -2.28. The van der Waals surface area contributed by atoms with Crippen molar-refractivity contribution in [2.75, 3.05) is 11.5 Å². The highest BCUT2D eigenvalue weighted by Gasteiger charge is 2.36. The molecule has 1 aliphatic rings. The Morgan fingerprint density at radius 3 is 2.57 bits per heavy atom. The van der Waals surface area contributed by atoms with Gasteiger partial charge in [-0.15, -0.1) is 0 Å². The van der Waals surface area contributed by atoms with Crippen LogP contribution in [0.5, 0.6) is 0 Å². The minimum Gasteiger partial charge on any atom is -0.451 e. The molecule has 2 aromatic carbocycles. The Hall–Kier alpha value is -2.60. The summed E-state index contributed by atoms with van der Waals surface area (Å²) in [7, 11) is -3.11. The maximum atomic E-state index is 13.5. The largest absolute Gasteiger partial charge is 0.451 e. The number of hydrogen-bond acceptors (Lipinski definition) is 4. The Morgan fingerprint density at radius 2 is 1.89 bits per heavy atom. The van der Waals surface area contributed by atoms with E-state index in [4.69, 9.17) is 4.42 Å². The molecule has 2 heterocycles. The molecule has 1 aromatic heterocycles. The van der Waals surface area contributed by atoms with Crippen LogP contribution in [-0.4, -0.2) is 36.8 Å². The minimum atomic E-state index is -3.11. The van der Waals surface area contributed by atoms with Gasteiger partial charge in [-0.3, -0.25) is 4.79 Å². The highest BCUT2D eigenvalue weighted by Crippen LogP contribution is 2.29. The van der Waals surface area contributed by atoms with Gasteiger partial charge in [-0.05, 0) is 37.5 Å². The van der Waals surface area contributed by atoms with Crippen molar-refractivity contribution in [1.82, 2.24) is 4.90 Å². The van der Waals surface area contributed by atoms with Crippen molar-refractivity contribution in [2.24, 2.45) is 0 Å². The van der Waals surface area contributed by atoms with Gasteiger partial charge in [-0.2, -0.15) is 0 Å². The Labute approximate surface area is 164 Å². The normalized spacial score (nSPS) is 18.4. The zero-order chi connectivity index (χ0) is 19.9. The molecule has 3 aromatic rings. The molecule has 1 aliphatic heterocycles. The first-order chi connectivity index (χ1) is 13.3. The molecule has 0 aliphatic carbocycles. The summed E-state index contributed by atoms with van der Waals surface area (Å²) >= 11 is 0. The van der Waals surface area contributed by atoms with Gasteiger partial charge in [0.1, 0.15) is 5.58 Å². The van der Waals surface area contributed by atoms with Crippen LogP contribution in [0.3, 0.4) is 0 Å². The molecule has 5 nitrogen and oxygen atoms in total. The Morgan fingerprint density at radius 1 is 1.14 bits per heavy atom. The highest BCUT2D eigenvalue weighted by molar-refractivity contribution is 7.91. The summed E-state index contributed by atoms with van der Waals surface area (Å²) in [6, 6.07) is 15.2. The summed E-state index contributed by atoms with van der Waals surface area (Å²) in [6.07, 6.45) is 0.458. The first-order valence-electron chi connectivity index (χ1n) is 9.39. The quantitative estimate of drug-likeness (QED) is 0.670. The number of amides is 1.